The molecule has 2 aromatic rings. The van der Waals surface area contributed by atoms with E-state index in [1.165, 1.54) is 42.0 Å². The highest BCUT2D eigenvalue weighted by Crippen LogP contribution is 2.29. The predicted octanol–water partition coefficient (Wildman–Crippen LogP) is 4.34. The average molecular weight is 296 g/mol. The highest BCUT2D eigenvalue weighted by molar-refractivity contribution is 8.13. The first-order valence-electron chi connectivity index (χ1n) is 7.84. The molecule has 2 nitrogen and oxygen atoms in total. The van der Waals surface area contributed by atoms with Crippen LogP contribution in [0.4, 0.5) is 0 Å². The Hall–Kier alpha value is -1.48. The van der Waals surface area contributed by atoms with Crippen LogP contribution in [-0.4, -0.2) is 17.3 Å². The van der Waals surface area contributed by atoms with Crippen LogP contribution in [0, 0.1) is 0 Å². The molecule has 0 saturated heterocycles. The van der Waals surface area contributed by atoms with Gasteiger partial charge in [0.1, 0.15) is 0 Å². The molecular formula is C18H20N2S. The fourth-order valence-electron chi connectivity index (χ4n) is 3.42. The lowest BCUT2D eigenvalue weighted by atomic mass is 9.92. The second-order valence-electron chi connectivity index (χ2n) is 5.96. The monoisotopic (exact) mass is 296 g/mol. The maximum absolute atomic E-state index is 4.87. The lowest BCUT2D eigenvalue weighted by Gasteiger charge is -2.23. The first kappa shape index (κ1) is 13.2. The van der Waals surface area contributed by atoms with E-state index in [1.54, 1.807) is 0 Å². The number of nitrogens with one attached hydrogen (secondary N) is 1. The third-order valence-electron chi connectivity index (χ3n) is 4.57. The summed E-state index contributed by atoms with van der Waals surface area (Å²) in [6.07, 6.45) is 5.24. The van der Waals surface area contributed by atoms with Crippen LogP contribution in [0.25, 0.3) is 10.8 Å². The van der Waals surface area contributed by atoms with E-state index in [4.69, 9.17) is 4.99 Å². The molecule has 0 radical (unpaired) electrons. The summed E-state index contributed by atoms with van der Waals surface area (Å²) in [6, 6.07) is 16.3. The van der Waals surface area contributed by atoms with Crippen molar-refractivity contribution in [2.24, 2.45) is 4.99 Å². The molecule has 0 aromatic heterocycles. The van der Waals surface area contributed by atoms with Gasteiger partial charge in [0.15, 0.2) is 5.17 Å². The van der Waals surface area contributed by atoms with E-state index in [0.717, 1.165) is 10.9 Å². The van der Waals surface area contributed by atoms with Gasteiger partial charge < -0.3 is 5.32 Å². The lowest BCUT2D eigenvalue weighted by molar-refractivity contribution is 0.385. The van der Waals surface area contributed by atoms with Gasteiger partial charge in [0.2, 0.25) is 0 Å². The summed E-state index contributed by atoms with van der Waals surface area (Å²) in [4.78, 5) is 4.87. The highest BCUT2D eigenvalue weighted by Gasteiger charge is 2.30. The first-order chi connectivity index (χ1) is 10.4. The van der Waals surface area contributed by atoms with Crippen molar-refractivity contribution in [3.63, 3.8) is 0 Å². The largest absolute Gasteiger partial charge is 0.360 e. The number of amidine groups is 1. The van der Waals surface area contributed by atoms with Gasteiger partial charge in [0.05, 0.1) is 12.1 Å². The highest BCUT2D eigenvalue weighted by atomic mass is 32.2. The smallest absolute Gasteiger partial charge is 0.157 e. The lowest BCUT2D eigenvalue weighted by Crippen LogP contribution is -2.36. The maximum atomic E-state index is 4.87. The van der Waals surface area contributed by atoms with Crippen LogP contribution in [0.1, 0.15) is 31.2 Å². The van der Waals surface area contributed by atoms with Crippen LogP contribution in [0.5, 0.6) is 0 Å². The van der Waals surface area contributed by atoms with Gasteiger partial charge >= 0.3 is 0 Å². The minimum Gasteiger partial charge on any atom is -0.360 e. The van der Waals surface area contributed by atoms with Crippen molar-refractivity contribution in [3.8, 4) is 0 Å². The quantitative estimate of drug-likeness (QED) is 0.891. The number of nitrogens with zero attached hydrogens (tertiary/aromatic N) is 1. The zero-order chi connectivity index (χ0) is 14.1. The Morgan fingerprint density at radius 2 is 1.90 bits per heavy atom. The van der Waals surface area contributed by atoms with Crippen molar-refractivity contribution in [2.45, 2.75) is 43.5 Å². The van der Waals surface area contributed by atoms with Crippen molar-refractivity contribution in [3.05, 3.63) is 48.0 Å². The molecule has 0 spiro atoms. The fourth-order valence-corrected chi connectivity index (χ4v) is 4.41. The second-order valence-corrected chi connectivity index (χ2v) is 6.93. The van der Waals surface area contributed by atoms with E-state index < -0.39 is 0 Å². The van der Waals surface area contributed by atoms with Crippen LogP contribution in [0.3, 0.4) is 0 Å². The molecule has 21 heavy (non-hydrogen) atoms. The SMILES string of the molecule is c1ccc2c(CSC3=NC4CCCCC4N3)cccc2c1. The van der Waals surface area contributed by atoms with Crippen molar-refractivity contribution >= 4 is 27.7 Å². The molecule has 0 amide bonds. The molecule has 1 N–H and O–H groups in total. The van der Waals surface area contributed by atoms with Gasteiger partial charge in [-0.25, -0.2) is 0 Å². The number of thioether (sulfide) groups is 1. The zero-order valence-corrected chi connectivity index (χ0v) is 12.9. The van der Waals surface area contributed by atoms with Gasteiger partial charge in [-0.1, -0.05) is 67.1 Å². The van der Waals surface area contributed by atoms with Gasteiger partial charge in [0, 0.05) is 5.75 Å². The Labute approximate surface area is 130 Å². The molecule has 1 saturated carbocycles. The molecule has 2 atom stereocenters. The minimum absolute atomic E-state index is 0.536. The zero-order valence-electron chi connectivity index (χ0n) is 12.1. The van der Waals surface area contributed by atoms with E-state index in [9.17, 15) is 0 Å². The molecule has 3 heteroatoms. The third-order valence-corrected chi connectivity index (χ3v) is 5.52. The maximum Gasteiger partial charge on any atom is 0.157 e. The number of hydrogen-bond donors (Lipinski definition) is 1. The standard InChI is InChI=1S/C18H20N2S/c1-2-9-15-13(6-1)7-5-8-14(15)12-21-18-19-16-10-3-4-11-17(16)20-18/h1-2,5-9,16-17H,3-4,10-12H2,(H,19,20). The first-order valence-corrected chi connectivity index (χ1v) is 8.82. The summed E-state index contributed by atoms with van der Waals surface area (Å²) in [5.41, 5.74) is 1.40. The number of aliphatic imine (C=N–C) groups is 1. The summed E-state index contributed by atoms with van der Waals surface area (Å²) >= 11 is 1.86. The van der Waals surface area contributed by atoms with Crippen LogP contribution in [0.15, 0.2) is 47.5 Å². The second kappa shape index (κ2) is 5.72. The Morgan fingerprint density at radius 1 is 1.05 bits per heavy atom. The van der Waals surface area contributed by atoms with Gasteiger partial charge in [-0.3, -0.25) is 4.99 Å². The Balaban J connectivity index is 1.49. The fraction of sp³-hybridized carbons (Fsp3) is 0.389. The minimum atomic E-state index is 0.536. The van der Waals surface area contributed by atoms with E-state index in [0.29, 0.717) is 12.1 Å². The predicted molar refractivity (Wildman–Crippen MR) is 91.9 cm³/mol. The van der Waals surface area contributed by atoms with Gasteiger partial charge in [-0.15, -0.1) is 0 Å². The average Bonchev–Trinajstić information content (AvgIpc) is 2.96. The van der Waals surface area contributed by atoms with Crippen LogP contribution in [-0.2, 0) is 5.75 Å². The van der Waals surface area contributed by atoms with Crippen molar-refractivity contribution in [2.75, 3.05) is 0 Å². The molecule has 2 unspecified atom stereocenters. The molecular weight excluding hydrogens is 276 g/mol. The third kappa shape index (κ3) is 2.67. The normalized spacial score (nSPS) is 24.5. The number of benzene rings is 2. The van der Waals surface area contributed by atoms with Crippen LogP contribution in [0.2, 0.25) is 0 Å². The molecule has 1 aliphatic heterocycles. The Morgan fingerprint density at radius 3 is 2.86 bits per heavy atom. The number of hydrogen-bond acceptors (Lipinski definition) is 3. The Kier molecular flexibility index (Phi) is 3.60. The number of rotatable bonds is 2. The van der Waals surface area contributed by atoms with Crippen molar-refractivity contribution in [1.29, 1.82) is 0 Å². The summed E-state index contributed by atoms with van der Waals surface area (Å²) in [5.74, 6) is 0.993. The van der Waals surface area contributed by atoms with E-state index in [-0.39, 0.29) is 0 Å². The molecule has 2 aromatic carbocycles. The molecule has 0 bridgehead atoms. The summed E-state index contributed by atoms with van der Waals surface area (Å²) in [6.45, 7) is 0. The van der Waals surface area contributed by atoms with E-state index in [1.807, 2.05) is 11.8 Å². The van der Waals surface area contributed by atoms with Gasteiger partial charge in [0.25, 0.3) is 0 Å². The topological polar surface area (TPSA) is 24.4 Å². The van der Waals surface area contributed by atoms with Gasteiger partial charge in [-0.05, 0) is 29.2 Å². The Bertz CT molecular complexity index is 674. The van der Waals surface area contributed by atoms with Crippen LogP contribution < -0.4 is 5.32 Å². The summed E-state index contributed by atoms with van der Waals surface area (Å²) < 4.78 is 0. The molecule has 1 fully saturated rings. The van der Waals surface area contributed by atoms with Crippen LogP contribution >= 0.6 is 11.8 Å². The molecule has 1 aliphatic carbocycles. The van der Waals surface area contributed by atoms with E-state index >= 15 is 0 Å². The molecule has 2 aliphatic rings. The summed E-state index contributed by atoms with van der Waals surface area (Å²) in [5, 5.41) is 7.47. The summed E-state index contributed by atoms with van der Waals surface area (Å²) in [7, 11) is 0. The molecule has 108 valence electrons. The molecule has 4 rings (SSSR count). The number of fused-ring (bicyclic) bond motifs is 2. The molecule has 1 heterocycles. The van der Waals surface area contributed by atoms with E-state index in [2.05, 4.69) is 47.8 Å². The van der Waals surface area contributed by atoms with Crippen molar-refractivity contribution < 1.29 is 0 Å². The van der Waals surface area contributed by atoms with Gasteiger partial charge in [-0.2, -0.15) is 0 Å². The van der Waals surface area contributed by atoms with Crippen molar-refractivity contribution in [1.82, 2.24) is 5.32 Å².